The summed E-state index contributed by atoms with van der Waals surface area (Å²) in [6.45, 7) is 6.40. The van der Waals surface area contributed by atoms with Gasteiger partial charge in [-0.1, -0.05) is 29.8 Å². The Labute approximate surface area is 71.3 Å². The van der Waals surface area contributed by atoms with Gasteiger partial charge in [0.25, 0.3) is 0 Å². The molecule has 1 rings (SSSR count). The van der Waals surface area contributed by atoms with Gasteiger partial charge in [0.2, 0.25) is 0 Å². The number of alkyl halides is 1. The first-order valence-corrected chi connectivity index (χ1v) is 4.82. The quantitative estimate of drug-likeness (QED) is 0.646. The van der Waals surface area contributed by atoms with Gasteiger partial charge < -0.3 is 4.74 Å². The van der Waals surface area contributed by atoms with Gasteiger partial charge in [0.1, 0.15) is 0 Å². The molecule has 1 nitrogen and oxygen atoms in total. The maximum atomic E-state index is 5.21. The predicted octanol–water partition coefficient (Wildman–Crippen LogP) is 2.59. The Balaban J connectivity index is 2.33. The summed E-state index contributed by atoms with van der Waals surface area (Å²) in [6, 6.07) is 0. The zero-order chi connectivity index (χ0) is 7.61. The highest BCUT2D eigenvalue weighted by atomic mass is 79.9. The summed E-state index contributed by atoms with van der Waals surface area (Å²) in [6.07, 6.45) is 2.51. The molecule has 1 saturated heterocycles. The first-order valence-electron chi connectivity index (χ1n) is 3.90. The van der Waals surface area contributed by atoms with Gasteiger partial charge in [-0.25, -0.2) is 0 Å². The molecule has 0 N–H and O–H groups in total. The fourth-order valence-electron chi connectivity index (χ4n) is 1.45. The van der Waals surface area contributed by atoms with Crippen molar-refractivity contribution in [2.75, 3.05) is 13.2 Å². The molecule has 0 bridgehead atoms. The zero-order valence-electron chi connectivity index (χ0n) is 6.69. The molecule has 0 amide bonds. The maximum absolute atomic E-state index is 5.21. The Kier molecular flexibility index (Phi) is 2.75. The summed E-state index contributed by atoms with van der Waals surface area (Å²) in [5.74, 6) is 0. The predicted molar refractivity (Wildman–Crippen MR) is 46.5 cm³/mol. The van der Waals surface area contributed by atoms with E-state index in [1.807, 2.05) is 0 Å². The lowest BCUT2D eigenvalue weighted by atomic mass is 9.79. The van der Waals surface area contributed by atoms with Crippen molar-refractivity contribution in [3.63, 3.8) is 0 Å². The molecule has 1 atom stereocenters. The third kappa shape index (κ3) is 1.73. The highest BCUT2D eigenvalue weighted by Crippen LogP contribution is 2.37. The van der Waals surface area contributed by atoms with Gasteiger partial charge in [0.05, 0.1) is 13.2 Å². The van der Waals surface area contributed by atoms with Crippen LogP contribution < -0.4 is 0 Å². The molecule has 1 unspecified atom stereocenters. The molecule has 0 aliphatic carbocycles. The van der Waals surface area contributed by atoms with Crippen molar-refractivity contribution in [1.82, 2.24) is 0 Å². The lowest BCUT2D eigenvalue weighted by Gasteiger charge is -2.41. The van der Waals surface area contributed by atoms with Gasteiger partial charge >= 0.3 is 0 Å². The van der Waals surface area contributed by atoms with E-state index in [1.54, 1.807) is 0 Å². The van der Waals surface area contributed by atoms with E-state index in [0.29, 0.717) is 10.2 Å². The van der Waals surface area contributed by atoms with Crippen molar-refractivity contribution in [3.8, 4) is 0 Å². The average Bonchev–Trinajstić information content (AvgIpc) is 1.78. The molecular weight excluding hydrogens is 192 g/mol. The van der Waals surface area contributed by atoms with Crippen LogP contribution in [0.4, 0.5) is 0 Å². The normalized spacial score (nSPS) is 25.5. The number of halogens is 1. The molecule has 10 heavy (non-hydrogen) atoms. The average molecular weight is 207 g/mol. The molecular formula is C8H15BrO. The fraction of sp³-hybridized carbons (Fsp3) is 1.00. The van der Waals surface area contributed by atoms with Crippen molar-refractivity contribution in [2.45, 2.75) is 31.5 Å². The smallest absolute Gasteiger partial charge is 0.0545 e. The van der Waals surface area contributed by atoms with E-state index in [-0.39, 0.29) is 0 Å². The molecule has 1 heterocycles. The Morgan fingerprint density at radius 1 is 1.60 bits per heavy atom. The van der Waals surface area contributed by atoms with E-state index >= 15 is 0 Å². The first kappa shape index (κ1) is 8.54. The highest BCUT2D eigenvalue weighted by Gasteiger charge is 2.37. The number of hydrogen-bond acceptors (Lipinski definition) is 1. The largest absolute Gasteiger partial charge is 0.380 e. The van der Waals surface area contributed by atoms with Crippen LogP contribution in [0.3, 0.4) is 0 Å². The Morgan fingerprint density at radius 3 is 2.30 bits per heavy atom. The fourth-order valence-corrected chi connectivity index (χ4v) is 2.14. The maximum Gasteiger partial charge on any atom is 0.0545 e. The van der Waals surface area contributed by atoms with Crippen molar-refractivity contribution in [1.29, 1.82) is 0 Å². The van der Waals surface area contributed by atoms with Crippen LogP contribution in [0.15, 0.2) is 0 Å². The van der Waals surface area contributed by atoms with Crippen molar-refractivity contribution >= 4 is 15.9 Å². The monoisotopic (exact) mass is 206 g/mol. The topological polar surface area (TPSA) is 9.23 Å². The van der Waals surface area contributed by atoms with Gasteiger partial charge in [0.15, 0.2) is 0 Å². The Morgan fingerprint density at radius 2 is 2.20 bits per heavy atom. The lowest BCUT2D eigenvalue weighted by Crippen LogP contribution is -2.43. The van der Waals surface area contributed by atoms with E-state index in [2.05, 4.69) is 29.8 Å². The second-order valence-corrected chi connectivity index (χ2v) is 4.89. The third-order valence-electron chi connectivity index (χ3n) is 2.28. The summed E-state index contributed by atoms with van der Waals surface area (Å²) in [5.41, 5.74) is 0.517. The van der Waals surface area contributed by atoms with Crippen LogP contribution in [0.2, 0.25) is 0 Å². The van der Waals surface area contributed by atoms with Gasteiger partial charge in [-0.3, -0.25) is 0 Å². The summed E-state index contributed by atoms with van der Waals surface area (Å²) in [7, 11) is 0. The van der Waals surface area contributed by atoms with Crippen LogP contribution in [0, 0.1) is 5.41 Å². The number of rotatable bonds is 3. The summed E-state index contributed by atoms with van der Waals surface area (Å²) >= 11 is 3.57. The molecule has 1 aliphatic rings. The molecule has 0 aromatic heterocycles. The Hall–Kier alpha value is 0.440. The number of hydrogen-bond donors (Lipinski definition) is 0. The molecule has 60 valence electrons. The van der Waals surface area contributed by atoms with E-state index in [1.165, 1.54) is 12.8 Å². The molecule has 0 radical (unpaired) electrons. The minimum atomic E-state index is 0.517. The van der Waals surface area contributed by atoms with Crippen LogP contribution in [-0.2, 0) is 4.74 Å². The van der Waals surface area contributed by atoms with Gasteiger partial charge in [-0.05, 0) is 12.8 Å². The highest BCUT2D eigenvalue weighted by molar-refractivity contribution is 9.09. The minimum Gasteiger partial charge on any atom is -0.380 e. The molecule has 1 fully saturated rings. The zero-order valence-corrected chi connectivity index (χ0v) is 8.28. The van der Waals surface area contributed by atoms with Gasteiger partial charge in [0, 0.05) is 10.2 Å². The number of ether oxygens (including phenoxy) is 1. The van der Waals surface area contributed by atoms with Crippen molar-refractivity contribution < 1.29 is 4.74 Å². The van der Waals surface area contributed by atoms with E-state index in [0.717, 1.165) is 13.2 Å². The Bertz CT molecular complexity index is 102. The van der Waals surface area contributed by atoms with Crippen LogP contribution in [0.5, 0.6) is 0 Å². The standard InChI is InChI=1S/C8H15BrO/c1-3-8(4-7(2)9)5-10-6-8/h7H,3-6H2,1-2H3. The van der Waals surface area contributed by atoms with Gasteiger partial charge in [-0.2, -0.15) is 0 Å². The molecule has 1 aliphatic heterocycles. The van der Waals surface area contributed by atoms with E-state index in [4.69, 9.17) is 4.74 Å². The summed E-state index contributed by atoms with van der Waals surface area (Å²) < 4.78 is 5.21. The minimum absolute atomic E-state index is 0.517. The summed E-state index contributed by atoms with van der Waals surface area (Å²) in [4.78, 5) is 0.636. The van der Waals surface area contributed by atoms with Crippen LogP contribution in [-0.4, -0.2) is 18.0 Å². The van der Waals surface area contributed by atoms with Crippen molar-refractivity contribution in [2.24, 2.45) is 5.41 Å². The van der Waals surface area contributed by atoms with Crippen molar-refractivity contribution in [3.05, 3.63) is 0 Å². The van der Waals surface area contributed by atoms with Crippen LogP contribution in [0.1, 0.15) is 26.7 Å². The molecule has 0 spiro atoms. The second kappa shape index (κ2) is 3.22. The van der Waals surface area contributed by atoms with E-state index < -0.39 is 0 Å². The van der Waals surface area contributed by atoms with Crippen LogP contribution >= 0.6 is 15.9 Å². The summed E-state index contributed by atoms with van der Waals surface area (Å²) in [5, 5.41) is 0. The first-order chi connectivity index (χ1) is 4.68. The SMILES string of the molecule is CCC1(CC(C)Br)COC1. The lowest BCUT2D eigenvalue weighted by molar-refractivity contribution is -0.118. The molecule has 0 aromatic carbocycles. The van der Waals surface area contributed by atoms with E-state index in [9.17, 15) is 0 Å². The second-order valence-electron chi connectivity index (χ2n) is 3.33. The molecule has 0 saturated carbocycles. The van der Waals surface area contributed by atoms with Gasteiger partial charge in [-0.15, -0.1) is 0 Å². The molecule has 2 heteroatoms. The third-order valence-corrected chi connectivity index (χ3v) is 2.60. The van der Waals surface area contributed by atoms with Crippen LogP contribution in [0.25, 0.3) is 0 Å². The molecule has 0 aromatic rings.